The number of ether oxygens (including phenoxy) is 3. The molecule has 1 amide bonds. The molecule has 0 aromatic rings. The number of carbonyl (C=O) groups is 2. The first-order valence-electron chi connectivity index (χ1n) is 37.6. The lowest BCUT2D eigenvalue weighted by atomic mass is 9.99. The van der Waals surface area contributed by atoms with E-state index in [9.17, 15) is 35.1 Å². The van der Waals surface area contributed by atoms with Crippen LogP contribution in [0, 0.1) is 0 Å². The SMILES string of the molecule is CC/C=C/CC/C=C/CC/C=C/C(O)C(COC1OC(CO)C(O)C(O)C1O)NC(=O)CCCCCCCCCCCCCCCCCCC/C=C\C/C=C\CCCCCCCCCCCCCCCOC(=O)CCCCCCCCCCCCCCC. The first-order chi connectivity index (χ1) is 43.2. The fraction of sp³-hybridized carbons (Fsp3) is 0.844. The Morgan fingerprint density at radius 3 is 1.24 bits per heavy atom. The van der Waals surface area contributed by atoms with Crippen LogP contribution in [0.15, 0.2) is 60.8 Å². The molecule has 1 aliphatic heterocycles. The molecule has 0 bridgehead atoms. The fourth-order valence-electron chi connectivity index (χ4n) is 11.7. The van der Waals surface area contributed by atoms with Crippen LogP contribution < -0.4 is 5.32 Å². The van der Waals surface area contributed by atoms with Gasteiger partial charge in [0.1, 0.15) is 24.4 Å². The molecule has 1 aliphatic rings. The normalized spacial score (nSPS) is 18.1. The van der Waals surface area contributed by atoms with Crippen LogP contribution in [0.25, 0.3) is 0 Å². The van der Waals surface area contributed by atoms with Gasteiger partial charge in [0.15, 0.2) is 6.29 Å². The van der Waals surface area contributed by atoms with Crippen LogP contribution in [0.3, 0.4) is 0 Å². The van der Waals surface area contributed by atoms with Crippen molar-refractivity contribution in [2.45, 2.75) is 397 Å². The third-order valence-electron chi connectivity index (χ3n) is 17.6. The Labute approximate surface area is 541 Å². The van der Waals surface area contributed by atoms with Crippen molar-refractivity contribution in [1.82, 2.24) is 5.32 Å². The van der Waals surface area contributed by atoms with Crippen LogP contribution in [-0.4, -0.2) is 100 Å². The molecule has 1 saturated heterocycles. The van der Waals surface area contributed by atoms with E-state index in [1.54, 1.807) is 6.08 Å². The van der Waals surface area contributed by atoms with E-state index in [2.05, 4.69) is 67.8 Å². The van der Waals surface area contributed by atoms with Crippen molar-refractivity contribution in [2.24, 2.45) is 0 Å². The molecule has 0 aromatic heterocycles. The van der Waals surface area contributed by atoms with Crippen LogP contribution in [0.4, 0.5) is 0 Å². The molecule has 7 atom stereocenters. The van der Waals surface area contributed by atoms with Crippen LogP contribution in [0.2, 0.25) is 0 Å². The van der Waals surface area contributed by atoms with Crippen molar-refractivity contribution in [3.63, 3.8) is 0 Å². The fourth-order valence-corrected chi connectivity index (χ4v) is 11.7. The van der Waals surface area contributed by atoms with Crippen molar-refractivity contribution in [3.8, 4) is 0 Å². The summed E-state index contributed by atoms with van der Waals surface area (Å²) in [5, 5.41) is 54.3. The van der Waals surface area contributed by atoms with Crippen molar-refractivity contribution in [2.75, 3.05) is 19.8 Å². The highest BCUT2D eigenvalue weighted by molar-refractivity contribution is 5.76. The molecule has 1 heterocycles. The molecule has 7 unspecified atom stereocenters. The zero-order valence-corrected chi connectivity index (χ0v) is 57.2. The Morgan fingerprint density at radius 2 is 0.807 bits per heavy atom. The lowest BCUT2D eigenvalue weighted by Crippen LogP contribution is -2.60. The standard InChI is InChI=1S/C77H141NO10/c1-3-5-7-9-11-13-15-41-45-49-53-57-61-65-73(82)86-66-62-58-54-50-46-43-40-38-36-34-32-30-28-26-24-22-20-18-16-17-19-21-23-25-27-29-31-33-35-37-39-42-44-48-52-56-60-64-72(81)78-69(68-87-77-76(85)75(84)74(83)71(67-79)88-77)70(80)63-59-55-51-47-14-12-10-8-6-4-2/h6,8,14,16,18,22,24,47,59,63,69-71,74-77,79-80,83-85H,3-5,7,9-13,15,17,19-21,23,25-46,48-58,60-62,64-68H2,1-2H3,(H,78,81)/b8-6+,18-16-,24-22-,47-14+,63-59+. The second-order valence-electron chi connectivity index (χ2n) is 26.0. The van der Waals surface area contributed by atoms with E-state index in [1.807, 2.05) is 6.08 Å². The van der Waals surface area contributed by atoms with Crippen LogP contribution >= 0.6 is 0 Å². The van der Waals surface area contributed by atoms with Gasteiger partial charge in [-0.1, -0.05) is 319 Å². The molecular weight excluding hydrogens is 1100 g/mol. The number of unbranched alkanes of at least 4 members (excludes halogenated alkanes) is 44. The minimum Gasteiger partial charge on any atom is -0.466 e. The molecule has 0 aromatic carbocycles. The van der Waals surface area contributed by atoms with Crippen molar-refractivity contribution >= 4 is 11.9 Å². The molecule has 0 saturated carbocycles. The molecule has 6 N–H and O–H groups in total. The van der Waals surface area contributed by atoms with Gasteiger partial charge in [-0.25, -0.2) is 0 Å². The number of aliphatic hydroxyl groups excluding tert-OH is 5. The third kappa shape index (κ3) is 54.0. The Morgan fingerprint density at radius 1 is 0.432 bits per heavy atom. The van der Waals surface area contributed by atoms with Gasteiger partial charge >= 0.3 is 5.97 Å². The summed E-state index contributed by atoms with van der Waals surface area (Å²) in [6.45, 7) is 4.23. The molecule has 0 aliphatic carbocycles. The van der Waals surface area contributed by atoms with E-state index in [0.717, 1.165) is 70.6 Å². The molecule has 1 fully saturated rings. The second-order valence-corrected chi connectivity index (χ2v) is 26.0. The molecule has 0 spiro atoms. The van der Waals surface area contributed by atoms with Crippen molar-refractivity contribution < 1.29 is 49.3 Å². The maximum atomic E-state index is 13.0. The van der Waals surface area contributed by atoms with Crippen LogP contribution in [0.5, 0.6) is 0 Å². The molecule has 0 radical (unpaired) electrons. The molecule has 1 rings (SSSR count). The van der Waals surface area contributed by atoms with E-state index in [0.29, 0.717) is 19.4 Å². The summed E-state index contributed by atoms with van der Waals surface area (Å²) in [7, 11) is 0. The smallest absolute Gasteiger partial charge is 0.305 e. The summed E-state index contributed by atoms with van der Waals surface area (Å²) in [6.07, 6.45) is 78.3. The first-order valence-corrected chi connectivity index (χ1v) is 37.6. The number of allylic oxidation sites excluding steroid dienone is 9. The average molecular weight is 1240 g/mol. The van der Waals surface area contributed by atoms with Crippen molar-refractivity contribution in [3.05, 3.63) is 60.8 Å². The lowest BCUT2D eigenvalue weighted by Gasteiger charge is -2.40. The third-order valence-corrected chi connectivity index (χ3v) is 17.6. The zero-order valence-electron chi connectivity index (χ0n) is 57.2. The summed E-state index contributed by atoms with van der Waals surface area (Å²) in [5.74, 6) is -0.181. The topological polar surface area (TPSA) is 175 Å². The number of aliphatic hydroxyl groups is 5. The largest absolute Gasteiger partial charge is 0.466 e. The van der Waals surface area contributed by atoms with E-state index in [-0.39, 0.29) is 18.5 Å². The maximum Gasteiger partial charge on any atom is 0.305 e. The maximum absolute atomic E-state index is 13.0. The minimum absolute atomic E-state index is 0.0138. The summed E-state index contributed by atoms with van der Waals surface area (Å²) in [6, 6.07) is -0.832. The van der Waals surface area contributed by atoms with E-state index in [4.69, 9.17) is 14.2 Å². The van der Waals surface area contributed by atoms with Gasteiger partial charge in [-0.2, -0.15) is 0 Å². The number of carbonyl (C=O) groups excluding carboxylic acids is 2. The zero-order chi connectivity index (χ0) is 63.7. The highest BCUT2D eigenvalue weighted by Crippen LogP contribution is 2.23. The predicted molar refractivity (Wildman–Crippen MR) is 370 cm³/mol. The Hall–Kier alpha value is -2.64. The molecule has 11 heteroatoms. The molecular formula is C77H141NO10. The number of rotatable bonds is 66. The predicted octanol–water partition coefficient (Wildman–Crippen LogP) is 19.7. The van der Waals surface area contributed by atoms with Gasteiger partial charge in [-0.3, -0.25) is 9.59 Å². The molecule has 88 heavy (non-hydrogen) atoms. The van der Waals surface area contributed by atoms with Crippen LogP contribution in [-0.2, 0) is 23.8 Å². The number of nitrogens with one attached hydrogen (secondary N) is 1. The second kappa shape index (κ2) is 65.8. The van der Waals surface area contributed by atoms with Gasteiger partial charge in [0.2, 0.25) is 5.91 Å². The van der Waals surface area contributed by atoms with Crippen LogP contribution in [0.1, 0.15) is 354 Å². The summed E-state index contributed by atoms with van der Waals surface area (Å²) in [5.41, 5.74) is 0. The Bertz CT molecular complexity index is 1650. The highest BCUT2D eigenvalue weighted by Gasteiger charge is 2.44. The number of hydrogen-bond donors (Lipinski definition) is 6. The highest BCUT2D eigenvalue weighted by atomic mass is 16.7. The van der Waals surface area contributed by atoms with Gasteiger partial charge in [0.05, 0.1) is 32.0 Å². The van der Waals surface area contributed by atoms with E-state index < -0.39 is 49.5 Å². The quantitative estimate of drug-likeness (QED) is 0.0195. The minimum atomic E-state index is -1.58. The summed E-state index contributed by atoms with van der Waals surface area (Å²) >= 11 is 0. The van der Waals surface area contributed by atoms with Crippen molar-refractivity contribution in [1.29, 1.82) is 0 Å². The summed E-state index contributed by atoms with van der Waals surface area (Å²) in [4.78, 5) is 25.1. The Balaban J connectivity index is 1.90. The molecule has 11 nitrogen and oxygen atoms in total. The first kappa shape index (κ1) is 83.4. The van der Waals surface area contributed by atoms with Gasteiger partial charge in [-0.05, 0) is 83.5 Å². The monoisotopic (exact) mass is 1240 g/mol. The molecule has 514 valence electrons. The number of amides is 1. The summed E-state index contributed by atoms with van der Waals surface area (Å²) < 4.78 is 16.7. The van der Waals surface area contributed by atoms with Gasteiger partial charge in [0.25, 0.3) is 0 Å². The number of esters is 1. The van der Waals surface area contributed by atoms with E-state index >= 15 is 0 Å². The van der Waals surface area contributed by atoms with Gasteiger partial charge in [0, 0.05) is 12.8 Å². The van der Waals surface area contributed by atoms with Gasteiger partial charge in [-0.15, -0.1) is 0 Å². The number of hydrogen-bond acceptors (Lipinski definition) is 10. The average Bonchev–Trinajstić information content (AvgIpc) is 3.03. The van der Waals surface area contributed by atoms with E-state index in [1.165, 1.54) is 257 Å². The Kier molecular flexibility index (Phi) is 62.4. The van der Waals surface area contributed by atoms with Gasteiger partial charge < -0.3 is 45.1 Å². The lowest BCUT2D eigenvalue weighted by molar-refractivity contribution is -0.302.